The molecule has 0 atom stereocenters. The number of nitrogens with zero attached hydrogens (tertiary/aromatic N) is 1. The second-order valence-corrected chi connectivity index (χ2v) is 11.4. The number of allylic oxidation sites excluding steroid dienone is 1. The molecule has 0 aliphatic carbocycles. The second-order valence-electron chi connectivity index (χ2n) is 11.4. The lowest BCUT2D eigenvalue weighted by Crippen LogP contribution is -2.25. The summed E-state index contributed by atoms with van der Waals surface area (Å²) < 4.78 is 17.4. The van der Waals surface area contributed by atoms with E-state index in [2.05, 4.69) is 48.2 Å². The van der Waals surface area contributed by atoms with Crippen molar-refractivity contribution in [2.75, 3.05) is 33.4 Å². The van der Waals surface area contributed by atoms with Crippen LogP contribution in [0.2, 0.25) is 0 Å². The fraction of sp³-hybridized carbons (Fsp3) is 0.400. The number of methoxy groups -OCH3 is 1. The van der Waals surface area contributed by atoms with Crippen LogP contribution in [-0.2, 0) is 11.2 Å². The van der Waals surface area contributed by atoms with Crippen LogP contribution >= 0.6 is 0 Å². The van der Waals surface area contributed by atoms with Crippen molar-refractivity contribution in [3.05, 3.63) is 95.1 Å². The van der Waals surface area contributed by atoms with Crippen molar-refractivity contribution in [3.8, 4) is 17.2 Å². The standard InChI is InChI=1S/C35H43NO4/c1-6-26(25-29-11-7-8-12-32(29)38-5)33(28-15-19-31(20-16-28)40-34(37)35(2,3)4)27-13-17-30(18-14-27)39-24-23-36-21-9-10-22-36/h7-8,11-20H,6,9-10,21-25H2,1-5H3/b33-26+. The third-order valence-electron chi connectivity index (χ3n) is 7.36. The summed E-state index contributed by atoms with van der Waals surface area (Å²) in [6.07, 6.45) is 4.23. The summed E-state index contributed by atoms with van der Waals surface area (Å²) in [5.41, 5.74) is 5.25. The van der Waals surface area contributed by atoms with Gasteiger partial charge in [-0.25, -0.2) is 0 Å². The minimum Gasteiger partial charge on any atom is -0.496 e. The van der Waals surface area contributed by atoms with E-state index in [-0.39, 0.29) is 5.97 Å². The molecule has 4 rings (SSSR count). The Kier molecular flexibility index (Phi) is 10.1. The van der Waals surface area contributed by atoms with Gasteiger partial charge in [-0.15, -0.1) is 0 Å². The van der Waals surface area contributed by atoms with Crippen LogP contribution in [0.5, 0.6) is 17.2 Å². The molecule has 212 valence electrons. The third kappa shape index (κ3) is 7.76. The first kappa shape index (κ1) is 29.4. The Bertz CT molecular complexity index is 1280. The quantitative estimate of drug-likeness (QED) is 0.185. The summed E-state index contributed by atoms with van der Waals surface area (Å²) in [4.78, 5) is 14.9. The number of ether oxygens (including phenoxy) is 3. The largest absolute Gasteiger partial charge is 0.496 e. The van der Waals surface area contributed by atoms with Gasteiger partial charge in [-0.05, 0) is 112 Å². The SMILES string of the molecule is CC/C(Cc1ccccc1OC)=C(/c1ccc(OCCN2CCCC2)cc1)c1ccc(OC(=O)C(C)(C)C)cc1. The van der Waals surface area contributed by atoms with E-state index in [9.17, 15) is 4.79 Å². The molecule has 1 heterocycles. The van der Waals surface area contributed by atoms with Gasteiger partial charge < -0.3 is 14.2 Å². The predicted octanol–water partition coefficient (Wildman–Crippen LogP) is 7.58. The molecule has 5 nitrogen and oxygen atoms in total. The summed E-state index contributed by atoms with van der Waals surface area (Å²) in [6, 6.07) is 24.4. The van der Waals surface area contributed by atoms with Gasteiger partial charge in [-0.1, -0.05) is 55.0 Å². The van der Waals surface area contributed by atoms with Crippen molar-refractivity contribution in [3.63, 3.8) is 0 Å². The molecule has 1 aliphatic rings. The highest BCUT2D eigenvalue weighted by atomic mass is 16.5. The smallest absolute Gasteiger partial charge is 0.316 e. The zero-order chi connectivity index (χ0) is 28.5. The minimum absolute atomic E-state index is 0.248. The third-order valence-corrected chi connectivity index (χ3v) is 7.36. The molecule has 5 heteroatoms. The van der Waals surface area contributed by atoms with Crippen LogP contribution in [0.3, 0.4) is 0 Å². The average molecular weight is 542 g/mol. The van der Waals surface area contributed by atoms with Crippen LogP contribution in [0, 0.1) is 5.41 Å². The molecule has 0 saturated carbocycles. The van der Waals surface area contributed by atoms with Crippen LogP contribution in [0.4, 0.5) is 0 Å². The number of rotatable bonds is 11. The Balaban J connectivity index is 1.63. The van der Waals surface area contributed by atoms with Crippen LogP contribution in [0.1, 0.15) is 63.6 Å². The number of para-hydroxylation sites is 1. The Morgan fingerprint density at radius 2 is 1.45 bits per heavy atom. The van der Waals surface area contributed by atoms with Gasteiger partial charge in [-0.3, -0.25) is 9.69 Å². The van der Waals surface area contributed by atoms with Crippen molar-refractivity contribution in [2.45, 2.75) is 53.4 Å². The number of carbonyl (C=O) groups is 1. The Labute approximate surface area is 239 Å². The second kappa shape index (κ2) is 13.7. The molecule has 1 fully saturated rings. The molecule has 0 radical (unpaired) electrons. The van der Waals surface area contributed by atoms with Crippen LogP contribution in [0.25, 0.3) is 5.57 Å². The Hall–Kier alpha value is -3.57. The maximum absolute atomic E-state index is 12.4. The normalized spacial score (nSPS) is 14.5. The van der Waals surface area contributed by atoms with Crippen molar-refractivity contribution < 1.29 is 19.0 Å². The maximum Gasteiger partial charge on any atom is 0.316 e. The van der Waals surface area contributed by atoms with Crippen molar-refractivity contribution in [1.82, 2.24) is 4.90 Å². The highest BCUT2D eigenvalue weighted by molar-refractivity contribution is 5.83. The number of hydrogen-bond donors (Lipinski definition) is 0. The predicted molar refractivity (Wildman–Crippen MR) is 162 cm³/mol. The Morgan fingerprint density at radius 1 is 0.850 bits per heavy atom. The zero-order valence-corrected chi connectivity index (χ0v) is 24.7. The van der Waals surface area contributed by atoms with Gasteiger partial charge in [0.25, 0.3) is 0 Å². The summed E-state index contributed by atoms with van der Waals surface area (Å²) >= 11 is 0. The molecular weight excluding hydrogens is 498 g/mol. The molecule has 0 bridgehead atoms. The van der Waals surface area contributed by atoms with Crippen LogP contribution in [0.15, 0.2) is 78.4 Å². The number of esters is 1. The summed E-state index contributed by atoms with van der Waals surface area (Å²) in [5, 5.41) is 0. The van der Waals surface area contributed by atoms with Gasteiger partial charge in [0, 0.05) is 6.54 Å². The van der Waals surface area contributed by atoms with E-state index in [0.29, 0.717) is 12.4 Å². The molecule has 40 heavy (non-hydrogen) atoms. The Morgan fingerprint density at radius 3 is 2.02 bits per heavy atom. The van der Waals surface area contributed by atoms with E-state index in [0.717, 1.165) is 47.6 Å². The molecule has 0 spiro atoms. The minimum atomic E-state index is -0.563. The lowest BCUT2D eigenvalue weighted by atomic mass is 9.88. The maximum atomic E-state index is 12.4. The van der Waals surface area contributed by atoms with Gasteiger partial charge in [0.2, 0.25) is 0 Å². The first-order valence-corrected chi connectivity index (χ1v) is 14.4. The van der Waals surface area contributed by atoms with Crippen molar-refractivity contribution >= 4 is 11.5 Å². The first-order valence-electron chi connectivity index (χ1n) is 14.4. The fourth-order valence-electron chi connectivity index (χ4n) is 5.01. The van der Waals surface area contributed by atoms with E-state index in [1.165, 1.54) is 37.1 Å². The van der Waals surface area contributed by atoms with Crippen molar-refractivity contribution in [1.29, 1.82) is 0 Å². The number of benzene rings is 3. The van der Waals surface area contributed by atoms with E-state index >= 15 is 0 Å². The van der Waals surface area contributed by atoms with Crippen LogP contribution in [-0.4, -0.2) is 44.2 Å². The molecule has 3 aromatic carbocycles. The highest BCUT2D eigenvalue weighted by Gasteiger charge is 2.24. The lowest BCUT2D eigenvalue weighted by molar-refractivity contribution is -0.143. The average Bonchev–Trinajstić information content (AvgIpc) is 3.47. The number of likely N-dealkylation sites (tertiary alicyclic amines) is 1. The van der Waals surface area contributed by atoms with Gasteiger partial charge in [-0.2, -0.15) is 0 Å². The summed E-state index contributed by atoms with van der Waals surface area (Å²) in [7, 11) is 1.72. The van der Waals surface area contributed by atoms with Gasteiger partial charge in [0.15, 0.2) is 0 Å². The molecule has 0 aromatic heterocycles. The summed E-state index contributed by atoms with van der Waals surface area (Å²) in [5.74, 6) is 2.07. The van der Waals surface area contributed by atoms with E-state index in [1.807, 2.05) is 57.2 Å². The number of hydrogen-bond acceptors (Lipinski definition) is 5. The molecule has 1 aliphatic heterocycles. The molecule has 0 N–H and O–H groups in total. The molecule has 3 aromatic rings. The van der Waals surface area contributed by atoms with Crippen molar-refractivity contribution in [2.24, 2.45) is 5.41 Å². The van der Waals surface area contributed by atoms with Gasteiger partial charge in [0.05, 0.1) is 12.5 Å². The lowest BCUT2D eigenvalue weighted by Gasteiger charge is -2.19. The molecule has 0 unspecified atom stereocenters. The van der Waals surface area contributed by atoms with Crippen LogP contribution < -0.4 is 14.2 Å². The van der Waals surface area contributed by atoms with E-state index in [4.69, 9.17) is 14.2 Å². The van der Waals surface area contributed by atoms with Gasteiger partial charge in [0.1, 0.15) is 23.9 Å². The fourth-order valence-corrected chi connectivity index (χ4v) is 5.01. The molecular formula is C35H43NO4. The van der Waals surface area contributed by atoms with E-state index < -0.39 is 5.41 Å². The summed E-state index contributed by atoms with van der Waals surface area (Å²) in [6.45, 7) is 11.8. The topological polar surface area (TPSA) is 48.0 Å². The molecule has 1 saturated heterocycles. The monoisotopic (exact) mass is 541 g/mol. The zero-order valence-electron chi connectivity index (χ0n) is 24.7. The highest BCUT2D eigenvalue weighted by Crippen LogP contribution is 2.34. The van der Waals surface area contributed by atoms with Gasteiger partial charge >= 0.3 is 5.97 Å². The number of carbonyl (C=O) groups excluding carboxylic acids is 1. The first-order chi connectivity index (χ1) is 19.3. The molecule has 0 amide bonds. The van der Waals surface area contributed by atoms with E-state index in [1.54, 1.807) is 7.11 Å².